The number of aliphatic carboxylic acids is 1. The molecular formula is C28H35NO7. The highest BCUT2D eigenvalue weighted by Gasteiger charge is 2.38. The van der Waals surface area contributed by atoms with E-state index in [0.29, 0.717) is 0 Å². The summed E-state index contributed by atoms with van der Waals surface area (Å²) >= 11 is 0. The van der Waals surface area contributed by atoms with Gasteiger partial charge in [-0.3, -0.25) is 4.79 Å². The Morgan fingerprint density at radius 2 is 1.83 bits per heavy atom. The van der Waals surface area contributed by atoms with Crippen LogP contribution < -0.4 is 4.74 Å². The smallest absolute Gasteiger partial charge is 0.335 e. The molecule has 0 aliphatic carbocycles. The van der Waals surface area contributed by atoms with Crippen molar-refractivity contribution in [3.8, 4) is 5.75 Å². The molecule has 3 atom stereocenters. The van der Waals surface area contributed by atoms with Crippen LogP contribution in [-0.4, -0.2) is 53.7 Å². The lowest BCUT2D eigenvalue weighted by molar-refractivity contribution is -0.161. The van der Waals surface area contributed by atoms with E-state index >= 15 is 0 Å². The second kappa shape index (κ2) is 12.5. The number of carbonyl (C=O) groups is 3. The number of fused-ring (bicyclic) bond motifs is 1. The highest BCUT2D eigenvalue weighted by Crippen LogP contribution is 2.32. The SMILES string of the molecule is CCOC(=O)C(CC(C)C(=O)N1Cc2cc(OC)c(CC)cc2C[C@H]1C(=O)O)OCc1ccccc1. The van der Waals surface area contributed by atoms with E-state index in [9.17, 15) is 19.5 Å². The van der Waals surface area contributed by atoms with Crippen LogP contribution in [0.5, 0.6) is 5.75 Å². The van der Waals surface area contributed by atoms with Gasteiger partial charge in [-0.2, -0.15) is 0 Å². The predicted octanol–water partition coefficient (Wildman–Crippen LogP) is 3.77. The molecule has 1 aliphatic rings. The number of benzene rings is 2. The number of hydrogen-bond donors (Lipinski definition) is 1. The molecule has 194 valence electrons. The second-order valence-corrected chi connectivity index (χ2v) is 8.98. The maximum absolute atomic E-state index is 13.5. The molecule has 1 heterocycles. The van der Waals surface area contributed by atoms with Crippen molar-refractivity contribution in [1.29, 1.82) is 0 Å². The number of esters is 1. The fraction of sp³-hybridized carbons (Fsp3) is 0.464. The standard InChI is InChI=1S/C28H35NO7/c1-5-20-13-21-14-23(27(31)32)29(16-22(21)15-24(20)34-4)26(30)18(3)12-25(28(33)35-6-2)36-17-19-10-8-7-9-11-19/h7-11,13,15,18,23,25H,5-6,12,14,16-17H2,1-4H3,(H,31,32)/t18?,23-,25?/m0/s1. The van der Waals surface area contributed by atoms with Crippen LogP contribution in [0.15, 0.2) is 42.5 Å². The Labute approximate surface area is 212 Å². The zero-order valence-electron chi connectivity index (χ0n) is 21.4. The molecule has 36 heavy (non-hydrogen) atoms. The molecule has 1 aliphatic heterocycles. The Bertz CT molecular complexity index is 1070. The quantitative estimate of drug-likeness (QED) is 0.472. The van der Waals surface area contributed by atoms with Crippen molar-refractivity contribution in [2.75, 3.05) is 13.7 Å². The number of methoxy groups -OCH3 is 1. The Morgan fingerprint density at radius 1 is 1.11 bits per heavy atom. The first-order valence-corrected chi connectivity index (χ1v) is 12.3. The molecule has 3 rings (SSSR count). The van der Waals surface area contributed by atoms with Crippen LogP contribution >= 0.6 is 0 Å². The third-order valence-electron chi connectivity index (χ3n) is 6.51. The molecule has 2 unspecified atom stereocenters. The van der Waals surface area contributed by atoms with Gasteiger partial charge in [0.25, 0.3) is 0 Å². The number of aryl methyl sites for hydroxylation is 1. The van der Waals surface area contributed by atoms with Crippen molar-refractivity contribution in [3.05, 3.63) is 64.7 Å². The molecule has 0 radical (unpaired) electrons. The van der Waals surface area contributed by atoms with E-state index in [1.54, 1.807) is 21.0 Å². The van der Waals surface area contributed by atoms with Gasteiger partial charge in [0.15, 0.2) is 6.10 Å². The van der Waals surface area contributed by atoms with Crippen molar-refractivity contribution in [2.24, 2.45) is 5.92 Å². The van der Waals surface area contributed by atoms with Crippen molar-refractivity contribution in [3.63, 3.8) is 0 Å². The lowest BCUT2D eigenvalue weighted by atomic mass is 9.89. The largest absolute Gasteiger partial charge is 0.496 e. The molecule has 0 bridgehead atoms. The molecule has 2 aromatic rings. The van der Waals surface area contributed by atoms with Crippen molar-refractivity contribution >= 4 is 17.8 Å². The molecule has 2 aromatic carbocycles. The van der Waals surface area contributed by atoms with Gasteiger partial charge >= 0.3 is 11.9 Å². The number of carboxylic acids is 1. The van der Waals surface area contributed by atoms with E-state index in [-0.39, 0.29) is 38.5 Å². The molecule has 0 fully saturated rings. The van der Waals surface area contributed by atoms with E-state index in [2.05, 4.69) is 0 Å². The van der Waals surface area contributed by atoms with Crippen molar-refractivity contribution in [1.82, 2.24) is 4.90 Å². The van der Waals surface area contributed by atoms with Crippen LogP contribution in [0, 0.1) is 5.92 Å². The lowest BCUT2D eigenvalue weighted by Crippen LogP contribution is -2.50. The number of ether oxygens (including phenoxy) is 3. The first kappa shape index (κ1) is 27.2. The maximum Gasteiger partial charge on any atom is 0.335 e. The van der Waals surface area contributed by atoms with Gasteiger partial charge in [0.1, 0.15) is 11.8 Å². The fourth-order valence-corrected chi connectivity index (χ4v) is 4.53. The van der Waals surface area contributed by atoms with E-state index in [0.717, 1.165) is 34.4 Å². The second-order valence-electron chi connectivity index (χ2n) is 8.98. The van der Waals surface area contributed by atoms with Crippen LogP contribution in [0.2, 0.25) is 0 Å². The minimum Gasteiger partial charge on any atom is -0.496 e. The number of carboxylic acid groups (broad SMARTS) is 1. The van der Waals surface area contributed by atoms with Crippen LogP contribution in [0.4, 0.5) is 0 Å². The monoisotopic (exact) mass is 497 g/mol. The van der Waals surface area contributed by atoms with Gasteiger partial charge in [-0.15, -0.1) is 0 Å². The Kier molecular flexibility index (Phi) is 9.47. The van der Waals surface area contributed by atoms with Gasteiger partial charge in [-0.1, -0.05) is 50.2 Å². The number of hydrogen-bond acceptors (Lipinski definition) is 6. The van der Waals surface area contributed by atoms with Crippen molar-refractivity contribution in [2.45, 2.75) is 65.3 Å². The average molecular weight is 498 g/mol. The fourth-order valence-electron chi connectivity index (χ4n) is 4.53. The summed E-state index contributed by atoms with van der Waals surface area (Å²) in [4.78, 5) is 39.6. The van der Waals surface area contributed by atoms with Gasteiger partial charge in [0.05, 0.1) is 20.3 Å². The molecule has 1 N–H and O–H groups in total. The Hall–Kier alpha value is -3.39. The summed E-state index contributed by atoms with van der Waals surface area (Å²) in [6, 6.07) is 12.3. The molecule has 8 heteroatoms. The summed E-state index contributed by atoms with van der Waals surface area (Å²) in [5.41, 5.74) is 3.67. The van der Waals surface area contributed by atoms with E-state index in [1.165, 1.54) is 4.90 Å². The van der Waals surface area contributed by atoms with Crippen LogP contribution in [0.3, 0.4) is 0 Å². The van der Waals surface area contributed by atoms with Gasteiger partial charge in [-0.05, 0) is 48.1 Å². The zero-order valence-corrected chi connectivity index (χ0v) is 21.4. The van der Waals surface area contributed by atoms with Gasteiger partial charge in [0.2, 0.25) is 5.91 Å². The third kappa shape index (κ3) is 6.43. The van der Waals surface area contributed by atoms with Gasteiger partial charge < -0.3 is 24.2 Å². The lowest BCUT2D eigenvalue weighted by Gasteiger charge is -2.37. The number of rotatable bonds is 11. The average Bonchev–Trinajstić information content (AvgIpc) is 2.89. The Morgan fingerprint density at radius 3 is 2.44 bits per heavy atom. The predicted molar refractivity (Wildman–Crippen MR) is 133 cm³/mol. The molecule has 0 saturated carbocycles. The molecule has 8 nitrogen and oxygen atoms in total. The third-order valence-corrected chi connectivity index (χ3v) is 6.51. The topological polar surface area (TPSA) is 102 Å². The minimum atomic E-state index is -1.06. The maximum atomic E-state index is 13.5. The molecule has 0 aromatic heterocycles. The number of carbonyl (C=O) groups excluding carboxylic acids is 2. The molecule has 1 amide bonds. The Balaban J connectivity index is 1.79. The van der Waals surface area contributed by atoms with E-state index in [1.807, 2.05) is 49.4 Å². The minimum absolute atomic E-state index is 0.0816. The van der Waals surface area contributed by atoms with Crippen molar-refractivity contribution < 1.29 is 33.7 Å². The zero-order chi connectivity index (χ0) is 26.2. The van der Waals surface area contributed by atoms with Gasteiger partial charge in [0, 0.05) is 18.9 Å². The highest BCUT2D eigenvalue weighted by molar-refractivity contribution is 5.86. The van der Waals surface area contributed by atoms with E-state index < -0.39 is 30.0 Å². The number of nitrogens with zero attached hydrogens (tertiary/aromatic N) is 1. The van der Waals surface area contributed by atoms with Crippen LogP contribution in [-0.2, 0) is 49.9 Å². The molecular weight excluding hydrogens is 462 g/mol. The van der Waals surface area contributed by atoms with E-state index in [4.69, 9.17) is 14.2 Å². The summed E-state index contributed by atoms with van der Waals surface area (Å²) in [6.07, 6.45) is 0.104. The summed E-state index contributed by atoms with van der Waals surface area (Å²) in [5, 5.41) is 9.93. The molecule has 0 spiro atoms. The summed E-state index contributed by atoms with van der Waals surface area (Å²) < 4.78 is 16.5. The van der Waals surface area contributed by atoms with Crippen LogP contribution in [0.25, 0.3) is 0 Å². The summed E-state index contributed by atoms with van der Waals surface area (Å²) in [6.45, 7) is 5.96. The highest BCUT2D eigenvalue weighted by atomic mass is 16.6. The summed E-state index contributed by atoms with van der Waals surface area (Å²) in [5.74, 6) is -1.87. The number of amides is 1. The first-order chi connectivity index (χ1) is 17.3. The normalized spacial score (nSPS) is 16.6. The van der Waals surface area contributed by atoms with Gasteiger partial charge in [-0.25, -0.2) is 9.59 Å². The van der Waals surface area contributed by atoms with Crippen LogP contribution in [0.1, 0.15) is 49.4 Å². The summed E-state index contributed by atoms with van der Waals surface area (Å²) in [7, 11) is 1.60. The molecule has 0 saturated heterocycles. The first-order valence-electron chi connectivity index (χ1n) is 12.3.